The molecule has 0 N–H and O–H groups in total. The topological polar surface area (TPSA) is 16.1 Å². The zero-order valence-corrected chi connectivity index (χ0v) is 11.1. The quantitative estimate of drug-likeness (QED) is 0.801. The number of benzene rings is 1. The fourth-order valence-corrected chi connectivity index (χ4v) is 1.70. The molecule has 2 rings (SSSR count). The van der Waals surface area contributed by atoms with Crippen LogP contribution < -0.4 is 0 Å². The number of hydrogen-bond donors (Lipinski definition) is 0. The molecule has 92 valence electrons. The van der Waals surface area contributed by atoms with Crippen molar-refractivity contribution in [3.05, 3.63) is 42.7 Å². The van der Waals surface area contributed by atoms with Crippen molar-refractivity contribution >= 4 is 10.8 Å². The smallest absolute Gasteiger partial charge is 0.0346 e. The first-order chi connectivity index (χ1) is 8.31. The van der Waals surface area contributed by atoms with Gasteiger partial charge < -0.3 is 4.90 Å². The Bertz CT molecular complexity index is 351. The van der Waals surface area contributed by atoms with Crippen molar-refractivity contribution in [3.8, 4) is 0 Å². The third-order valence-electron chi connectivity index (χ3n) is 2.89. The molecule has 2 nitrogen and oxygen atoms in total. The van der Waals surface area contributed by atoms with E-state index in [0.717, 1.165) is 0 Å². The van der Waals surface area contributed by atoms with Crippen LogP contribution in [-0.2, 0) is 0 Å². The minimum atomic E-state index is 1.19. The van der Waals surface area contributed by atoms with Crippen LogP contribution in [0, 0.1) is 0 Å². The van der Waals surface area contributed by atoms with Crippen LogP contribution in [0.2, 0.25) is 0 Å². The van der Waals surface area contributed by atoms with Gasteiger partial charge in [0.1, 0.15) is 0 Å². The molecule has 17 heavy (non-hydrogen) atoms. The average Bonchev–Trinajstić information content (AvgIpc) is 2.42. The Balaban J connectivity index is 0.000000185. The lowest BCUT2D eigenvalue weighted by molar-refractivity contribution is 0.321. The van der Waals surface area contributed by atoms with E-state index in [1.807, 2.05) is 30.6 Å². The van der Waals surface area contributed by atoms with Crippen molar-refractivity contribution in [2.75, 3.05) is 19.6 Å². The summed E-state index contributed by atoms with van der Waals surface area (Å²) >= 11 is 0. The van der Waals surface area contributed by atoms with E-state index in [2.05, 4.69) is 42.8 Å². The molecular formula is C15H22N2. The van der Waals surface area contributed by atoms with E-state index in [4.69, 9.17) is 0 Å². The van der Waals surface area contributed by atoms with E-state index in [0.29, 0.717) is 0 Å². The predicted molar refractivity (Wildman–Crippen MR) is 75.2 cm³/mol. The van der Waals surface area contributed by atoms with Crippen LogP contribution in [0.25, 0.3) is 10.8 Å². The average molecular weight is 230 g/mol. The van der Waals surface area contributed by atoms with Crippen molar-refractivity contribution in [1.29, 1.82) is 0 Å². The molecule has 0 atom stereocenters. The fourth-order valence-electron chi connectivity index (χ4n) is 1.70. The molecule has 0 fully saturated rings. The summed E-state index contributed by atoms with van der Waals surface area (Å²) in [5.74, 6) is 0. The molecule has 0 spiro atoms. The SMILES string of the molecule is CCN(CC)CC.c1ccc2cnccc2c1. The molecule has 0 aliphatic heterocycles. The Morgan fingerprint density at radius 1 is 0.882 bits per heavy atom. The van der Waals surface area contributed by atoms with Crippen molar-refractivity contribution in [1.82, 2.24) is 9.88 Å². The summed E-state index contributed by atoms with van der Waals surface area (Å²) in [7, 11) is 0. The molecule has 2 heteroatoms. The molecule has 1 aromatic heterocycles. The number of nitrogens with zero attached hydrogens (tertiary/aromatic N) is 2. The number of fused-ring (bicyclic) bond motifs is 1. The Morgan fingerprint density at radius 3 is 1.94 bits per heavy atom. The van der Waals surface area contributed by atoms with Crippen LogP contribution in [0.15, 0.2) is 42.7 Å². The molecule has 0 radical (unpaired) electrons. The second-order valence-electron chi connectivity index (χ2n) is 3.84. The van der Waals surface area contributed by atoms with E-state index in [-0.39, 0.29) is 0 Å². The van der Waals surface area contributed by atoms with Crippen molar-refractivity contribution < 1.29 is 0 Å². The zero-order chi connectivity index (χ0) is 12.5. The van der Waals surface area contributed by atoms with Crippen LogP contribution in [0.4, 0.5) is 0 Å². The molecular weight excluding hydrogens is 208 g/mol. The summed E-state index contributed by atoms with van der Waals surface area (Å²) in [6, 6.07) is 10.2. The lowest BCUT2D eigenvalue weighted by Gasteiger charge is -2.13. The van der Waals surface area contributed by atoms with E-state index in [9.17, 15) is 0 Å². The maximum absolute atomic E-state index is 4.01. The van der Waals surface area contributed by atoms with Crippen molar-refractivity contribution in [3.63, 3.8) is 0 Å². The summed E-state index contributed by atoms with van der Waals surface area (Å²) in [6.07, 6.45) is 3.68. The number of rotatable bonds is 3. The Kier molecular flexibility index (Phi) is 6.26. The Morgan fingerprint density at radius 2 is 1.47 bits per heavy atom. The molecule has 0 saturated carbocycles. The molecule has 1 heterocycles. The van der Waals surface area contributed by atoms with Crippen LogP contribution in [0.3, 0.4) is 0 Å². The zero-order valence-electron chi connectivity index (χ0n) is 11.1. The van der Waals surface area contributed by atoms with Gasteiger partial charge >= 0.3 is 0 Å². The predicted octanol–water partition coefficient (Wildman–Crippen LogP) is 3.58. The van der Waals surface area contributed by atoms with Gasteiger partial charge in [-0.05, 0) is 36.5 Å². The monoisotopic (exact) mass is 230 g/mol. The molecule has 0 unspecified atom stereocenters. The van der Waals surface area contributed by atoms with Gasteiger partial charge in [-0.25, -0.2) is 0 Å². The third kappa shape index (κ3) is 4.53. The highest BCUT2D eigenvalue weighted by atomic mass is 15.1. The molecule has 0 bridgehead atoms. The third-order valence-corrected chi connectivity index (χ3v) is 2.89. The maximum Gasteiger partial charge on any atom is 0.0346 e. The summed E-state index contributed by atoms with van der Waals surface area (Å²) in [5.41, 5.74) is 0. The highest BCUT2D eigenvalue weighted by Crippen LogP contribution is 2.09. The van der Waals surface area contributed by atoms with Gasteiger partial charge in [0.15, 0.2) is 0 Å². The van der Waals surface area contributed by atoms with Crippen LogP contribution >= 0.6 is 0 Å². The summed E-state index contributed by atoms with van der Waals surface area (Å²) in [5, 5.41) is 2.45. The van der Waals surface area contributed by atoms with Gasteiger partial charge in [0.05, 0.1) is 0 Å². The van der Waals surface area contributed by atoms with Gasteiger partial charge in [-0.3, -0.25) is 4.98 Å². The summed E-state index contributed by atoms with van der Waals surface area (Å²) < 4.78 is 0. The normalized spacial score (nSPS) is 10.1. The highest BCUT2D eigenvalue weighted by Gasteiger charge is 1.89. The lowest BCUT2D eigenvalue weighted by atomic mass is 10.2. The second kappa shape index (κ2) is 7.80. The van der Waals surface area contributed by atoms with Gasteiger partial charge in [0.25, 0.3) is 0 Å². The minimum Gasteiger partial charge on any atom is -0.304 e. The summed E-state index contributed by atoms with van der Waals surface area (Å²) in [4.78, 5) is 6.39. The standard InChI is InChI=1S/C9H7N.C6H15N/c1-2-4-9-7-10-6-5-8(9)3-1;1-4-7(5-2)6-3/h1-7H;4-6H2,1-3H3. The Hall–Kier alpha value is -1.41. The highest BCUT2D eigenvalue weighted by molar-refractivity contribution is 5.80. The Labute approximate surface area is 104 Å². The van der Waals surface area contributed by atoms with Crippen molar-refractivity contribution in [2.24, 2.45) is 0 Å². The number of hydrogen-bond acceptors (Lipinski definition) is 2. The molecule has 0 aliphatic rings. The van der Waals surface area contributed by atoms with Crippen LogP contribution in [-0.4, -0.2) is 29.5 Å². The first-order valence-electron chi connectivity index (χ1n) is 6.32. The van der Waals surface area contributed by atoms with Crippen LogP contribution in [0.5, 0.6) is 0 Å². The van der Waals surface area contributed by atoms with Gasteiger partial charge in [0.2, 0.25) is 0 Å². The van der Waals surface area contributed by atoms with Gasteiger partial charge in [0, 0.05) is 12.4 Å². The molecule has 2 aromatic rings. The molecule has 0 amide bonds. The minimum absolute atomic E-state index is 1.19. The van der Waals surface area contributed by atoms with E-state index < -0.39 is 0 Å². The van der Waals surface area contributed by atoms with Gasteiger partial charge in [-0.1, -0.05) is 45.0 Å². The van der Waals surface area contributed by atoms with Gasteiger partial charge in [-0.2, -0.15) is 0 Å². The van der Waals surface area contributed by atoms with Crippen LogP contribution in [0.1, 0.15) is 20.8 Å². The molecule has 0 aliphatic carbocycles. The number of aromatic nitrogens is 1. The first kappa shape index (κ1) is 13.7. The number of pyridine rings is 1. The summed E-state index contributed by atoms with van der Waals surface area (Å²) in [6.45, 7) is 10.1. The lowest BCUT2D eigenvalue weighted by Crippen LogP contribution is -2.21. The van der Waals surface area contributed by atoms with Gasteiger partial charge in [-0.15, -0.1) is 0 Å². The van der Waals surface area contributed by atoms with E-state index in [1.165, 1.54) is 30.4 Å². The molecule has 1 aromatic carbocycles. The second-order valence-corrected chi connectivity index (χ2v) is 3.84. The fraction of sp³-hybridized carbons (Fsp3) is 0.400. The van der Waals surface area contributed by atoms with E-state index in [1.54, 1.807) is 0 Å². The maximum atomic E-state index is 4.01. The molecule has 0 saturated heterocycles. The first-order valence-corrected chi connectivity index (χ1v) is 6.32. The largest absolute Gasteiger partial charge is 0.304 e. The van der Waals surface area contributed by atoms with Crippen molar-refractivity contribution in [2.45, 2.75) is 20.8 Å². The van der Waals surface area contributed by atoms with E-state index >= 15 is 0 Å².